The molecule has 0 aromatic carbocycles. The third-order valence-corrected chi connectivity index (χ3v) is 1.52. The number of methoxy groups -OCH3 is 1. The zero-order valence-electron chi connectivity index (χ0n) is 8.25. The average molecular weight is 203 g/mol. The van der Waals surface area contributed by atoms with Gasteiger partial charge in [0, 0.05) is 18.0 Å². The minimum Gasteiger partial charge on any atom is -0.394 e. The first-order valence-corrected chi connectivity index (χ1v) is 4.09. The molecule has 0 bridgehead atoms. The van der Waals surface area contributed by atoms with Gasteiger partial charge in [-0.3, -0.25) is 0 Å². The fourth-order valence-corrected chi connectivity index (χ4v) is 0.920. The van der Waals surface area contributed by atoms with Gasteiger partial charge in [0.25, 0.3) is 0 Å². The molecule has 0 aliphatic carbocycles. The molecule has 0 saturated carbocycles. The molecule has 0 heterocycles. The van der Waals surface area contributed by atoms with Crippen molar-refractivity contribution in [3.63, 3.8) is 0 Å². The van der Waals surface area contributed by atoms with Crippen LogP contribution >= 0.6 is 0 Å². The second-order valence-corrected chi connectivity index (χ2v) is 2.84. The number of azide groups is 1. The van der Waals surface area contributed by atoms with E-state index in [9.17, 15) is 0 Å². The maximum Gasteiger partial charge on any atom is 0.192 e. The molecule has 2 N–H and O–H groups in total. The Balaban J connectivity index is 4.56. The fraction of sp³-hybridized carbons (Fsp3) is 1.00. The molecule has 0 aromatic heterocycles. The maximum atomic E-state index is 9.03. The van der Waals surface area contributed by atoms with Gasteiger partial charge in [0.15, 0.2) is 5.72 Å². The summed E-state index contributed by atoms with van der Waals surface area (Å²) in [5, 5.41) is 21.1. The van der Waals surface area contributed by atoms with Gasteiger partial charge in [0.05, 0.1) is 19.8 Å². The minimum absolute atomic E-state index is 0.0715. The van der Waals surface area contributed by atoms with E-state index in [1.54, 1.807) is 7.85 Å². The van der Waals surface area contributed by atoms with Crippen molar-refractivity contribution in [3.8, 4) is 0 Å². The number of hydrogen-bond donors (Lipinski definition) is 2. The van der Waals surface area contributed by atoms with Crippen LogP contribution in [0.3, 0.4) is 0 Å². The van der Waals surface area contributed by atoms with Gasteiger partial charge in [-0.2, -0.15) is 0 Å². The van der Waals surface area contributed by atoms with E-state index in [0.29, 0.717) is 0 Å². The number of aliphatic hydroxyl groups is 2. The molecule has 0 saturated heterocycles. The van der Waals surface area contributed by atoms with Gasteiger partial charge in [-0.25, -0.2) is 0 Å². The van der Waals surface area contributed by atoms with Crippen LogP contribution in [0.5, 0.6) is 0 Å². The monoisotopic (exact) mass is 203 g/mol. The third kappa shape index (κ3) is 3.95. The average Bonchev–Trinajstić information content (AvgIpc) is 2.18. The highest BCUT2D eigenvalue weighted by Gasteiger charge is 2.31. The zero-order chi connectivity index (χ0) is 11.0. The van der Waals surface area contributed by atoms with Crippen LogP contribution in [0.1, 0.15) is 0 Å². The lowest BCUT2D eigenvalue weighted by atomic mass is 10.0. The Hall–Kier alpha value is -0.785. The van der Waals surface area contributed by atoms with Crippen molar-refractivity contribution >= 4 is 7.85 Å². The second kappa shape index (κ2) is 6.64. The molecule has 7 nitrogen and oxygen atoms in total. The Labute approximate surface area is 82.7 Å². The highest BCUT2D eigenvalue weighted by molar-refractivity contribution is 6.11. The second-order valence-electron chi connectivity index (χ2n) is 2.84. The summed E-state index contributed by atoms with van der Waals surface area (Å²) < 4.78 is 9.94. The number of rotatable bonds is 7. The van der Waals surface area contributed by atoms with E-state index >= 15 is 0 Å². The van der Waals surface area contributed by atoms with Crippen molar-refractivity contribution in [2.24, 2.45) is 5.11 Å². The molecule has 8 heteroatoms. The summed E-state index contributed by atoms with van der Waals surface area (Å²) in [5.74, 6) is 0. The summed E-state index contributed by atoms with van der Waals surface area (Å²) in [4.78, 5) is 2.56. The van der Waals surface area contributed by atoms with Crippen LogP contribution in [-0.2, 0) is 9.47 Å². The third-order valence-electron chi connectivity index (χ3n) is 1.52. The van der Waals surface area contributed by atoms with E-state index in [2.05, 4.69) is 10.0 Å². The Kier molecular flexibility index (Phi) is 6.26. The standard InChI is InChI=1S/C6H14BN3O4/c1-13-4-6(3-12,9-10-8)14-5(7)2-11/h5,11-12H,2-4,7H2,1H3/t5-,6+/m1/s1. The Bertz CT molecular complexity index is 211. The minimum atomic E-state index is -1.45. The molecule has 0 aliphatic rings. The summed E-state index contributed by atoms with van der Waals surface area (Å²) >= 11 is 0. The van der Waals surface area contributed by atoms with Crippen LogP contribution in [0.4, 0.5) is 0 Å². The van der Waals surface area contributed by atoms with Crippen LogP contribution in [0.2, 0.25) is 0 Å². The maximum absolute atomic E-state index is 9.03. The molecule has 0 radical (unpaired) electrons. The van der Waals surface area contributed by atoms with E-state index in [0.717, 1.165) is 0 Å². The van der Waals surface area contributed by atoms with Gasteiger partial charge in [-0.1, -0.05) is 5.11 Å². The number of nitrogens with zero attached hydrogens (tertiary/aromatic N) is 3. The zero-order valence-corrected chi connectivity index (χ0v) is 8.25. The van der Waals surface area contributed by atoms with Crippen molar-refractivity contribution in [1.82, 2.24) is 0 Å². The van der Waals surface area contributed by atoms with Crippen LogP contribution in [0.25, 0.3) is 10.4 Å². The molecule has 0 fully saturated rings. The molecule has 80 valence electrons. The first-order chi connectivity index (χ1) is 6.64. The fourth-order valence-electron chi connectivity index (χ4n) is 0.920. The molecule has 0 aromatic rings. The van der Waals surface area contributed by atoms with Gasteiger partial charge < -0.3 is 19.7 Å². The predicted octanol–water partition coefficient (Wildman–Crippen LogP) is -1.40. The summed E-state index contributed by atoms with van der Waals surface area (Å²) in [7, 11) is 2.98. The van der Waals surface area contributed by atoms with Crippen molar-refractivity contribution < 1.29 is 19.7 Å². The smallest absolute Gasteiger partial charge is 0.192 e. The molecular weight excluding hydrogens is 189 g/mol. The van der Waals surface area contributed by atoms with E-state index in [1.165, 1.54) is 7.11 Å². The van der Waals surface area contributed by atoms with Gasteiger partial charge in [-0.05, 0) is 5.53 Å². The molecule has 0 unspecified atom stereocenters. The Morgan fingerprint density at radius 2 is 2.29 bits per heavy atom. The van der Waals surface area contributed by atoms with Crippen LogP contribution in [0, 0.1) is 0 Å². The highest BCUT2D eigenvalue weighted by Crippen LogP contribution is 2.15. The van der Waals surface area contributed by atoms with Crippen molar-refractivity contribution in [3.05, 3.63) is 10.4 Å². The van der Waals surface area contributed by atoms with Gasteiger partial charge >= 0.3 is 0 Å². The highest BCUT2D eigenvalue weighted by atomic mass is 16.6. The van der Waals surface area contributed by atoms with Crippen LogP contribution in [0.15, 0.2) is 5.11 Å². The lowest BCUT2D eigenvalue weighted by Crippen LogP contribution is -2.43. The van der Waals surface area contributed by atoms with Gasteiger partial charge in [0.2, 0.25) is 0 Å². The van der Waals surface area contributed by atoms with Crippen LogP contribution in [-0.4, -0.2) is 56.7 Å². The van der Waals surface area contributed by atoms with Crippen molar-refractivity contribution in [2.75, 3.05) is 26.9 Å². The number of aliphatic hydroxyl groups excluding tert-OH is 2. The lowest BCUT2D eigenvalue weighted by Gasteiger charge is -2.28. The summed E-state index contributed by atoms with van der Waals surface area (Å²) in [5.41, 5.74) is 6.84. The molecule has 0 spiro atoms. The molecule has 0 rings (SSSR count). The van der Waals surface area contributed by atoms with E-state index in [1.807, 2.05) is 0 Å². The van der Waals surface area contributed by atoms with Crippen molar-refractivity contribution in [2.45, 2.75) is 11.7 Å². The topological polar surface area (TPSA) is 108 Å². The Morgan fingerprint density at radius 1 is 1.64 bits per heavy atom. The van der Waals surface area contributed by atoms with Crippen LogP contribution < -0.4 is 0 Å². The molecular formula is C6H14BN3O4. The van der Waals surface area contributed by atoms with E-state index < -0.39 is 18.3 Å². The molecule has 0 amide bonds. The predicted molar refractivity (Wildman–Crippen MR) is 51.3 cm³/mol. The van der Waals surface area contributed by atoms with E-state index in [4.69, 9.17) is 25.2 Å². The van der Waals surface area contributed by atoms with Crippen molar-refractivity contribution in [1.29, 1.82) is 0 Å². The molecule has 0 aliphatic heterocycles. The quantitative estimate of drug-likeness (QED) is 0.229. The SMILES string of the molecule is B[C@@H](CO)O[C@@](CO)(COC)N=[N+]=[N-]. The summed E-state index contributed by atoms with van der Waals surface area (Å²) in [6.45, 7) is -0.806. The normalized spacial score (nSPS) is 16.8. The first-order valence-electron chi connectivity index (χ1n) is 4.09. The lowest BCUT2D eigenvalue weighted by molar-refractivity contribution is -0.131. The largest absolute Gasteiger partial charge is 0.394 e. The number of ether oxygens (including phenoxy) is 2. The molecule has 2 atom stereocenters. The number of hydrogen-bond acceptors (Lipinski definition) is 5. The van der Waals surface area contributed by atoms with Gasteiger partial charge in [-0.15, -0.1) is 0 Å². The molecule has 14 heavy (non-hydrogen) atoms. The summed E-state index contributed by atoms with van der Waals surface area (Å²) in [6, 6.07) is -0.539. The summed E-state index contributed by atoms with van der Waals surface area (Å²) in [6.07, 6.45) is 0. The Morgan fingerprint density at radius 3 is 2.64 bits per heavy atom. The first kappa shape index (κ1) is 13.2. The van der Waals surface area contributed by atoms with Gasteiger partial charge in [0.1, 0.15) is 7.85 Å². The van der Waals surface area contributed by atoms with E-state index in [-0.39, 0.29) is 13.2 Å².